The number of oxazole rings is 1. The van der Waals surface area contributed by atoms with Gasteiger partial charge in [-0.2, -0.15) is 4.98 Å². The predicted octanol–water partition coefficient (Wildman–Crippen LogP) is 3.60. The molecule has 2 aliphatic rings. The monoisotopic (exact) mass is 370 g/mol. The second-order valence-electron chi connectivity index (χ2n) is 7.13. The summed E-state index contributed by atoms with van der Waals surface area (Å²) >= 11 is 1.61. The van der Waals surface area contributed by atoms with E-state index in [1.54, 1.807) is 18.4 Å². The molecule has 4 heterocycles. The van der Waals surface area contributed by atoms with E-state index in [9.17, 15) is 0 Å². The van der Waals surface area contributed by atoms with Crippen LogP contribution in [0.5, 0.6) is 0 Å². The number of rotatable bonds is 4. The average molecular weight is 370 g/mol. The summed E-state index contributed by atoms with van der Waals surface area (Å²) in [7, 11) is 1.72. The van der Waals surface area contributed by atoms with Gasteiger partial charge in [-0.15, -0.1) is 11.3 Å². The largest absolute Gasteiger partial charge is 0.423 e. The highest BCUT2D eigenvalue weighted by Crippen LogP contribution is 2.37. The molecule has 0 aliphatic carbocycles. The second kappa shape index (κ2) is 6.33. The normalized spacial score (nSPS) is 23.7. The Morgan fingerprint density at radius 1 is 1.31 bits per heavy atom. The quantitative estimate of drug-likeness (QED) is 0.757. The molecule has 0 radical (unpaired) electrons. The Morgan fingerprint density at radius 2 is 2.12 bits per heavy atom. The number of piperazine rings is 1. The van der Waals surface area contributed by atoms with Crippen molar-refractivity contribution in [3.63, 3.8) is 0 Å². The van der Waals surface area contributed by atoms with Crippen molar-refractivity contribution in [2.75, 3.05) is 25.1 Å². The van der Waals surface area contributed by atoms with Gasteiger partial charge in [0.15, 0.2) is 5.58 Å². The van der Waals surface area contributed by atoms with Crippen LogP contribution in [0.3, 0.4) is 0 Å². The molecule has 2 fully saturated rings. The van der Waals surface area contributed by atoms with Gasteiger partial charge in [-0.3, -0.25) is 0 Å². The van der Waals surface area contributed by atoms with Gasteiger partial charge in [0.25, 0.3) is 6.01 Å². The molecule has 0 saturated carbocycles. The summed E-state index contributed by atoms with van der Waals surface area (Å²) in [5, 5.41) is 6.59. The van der Waals surface area contributed by atoms with Gasteiger partial charge in [0.1, 0.15) is 10.5 Å². The number of benzene rings is 1. The molecule has 3 atom stereocenters. The average Bonchev–Trinajstić information content (AvgIpc) is 3.40. The van der Waals surface area contributed by atoms with Gasteiger partial charge in [0, 0.05) is 49.4 Å². The fourth-order valence-corrected chi connectivity index (χ4v) is 4.74. The van der Waals surface area contributed by atoms with Crippen molar-refractivity contribution in [3.05, 3.63) is 29.3 Å². The number of hydrogen-bond donors (Lipinski definition) is 1. The lowest BCUT2D eigenvalue weighted by Gasteiger charge is -2.31. The van der Waals surface area contributed by atoms with Crippen molar-refractivity contribution in [3.8, 4) is 10.6 Å². The molecule has 2 bridgehead atoms. The molecule has 0 amide bonds. The number of ether oxygens (including phenoxy) is 1. The van der Waals surface area contributed by atoms with Crippen LogP contribution in [0.4, 0.5) is 6.01 Å². The number of thiazole rings is 1. The molecule has 1 aromatic carbocycles. The molecule has 0 spiro atoms. The molecule has 2 saturated heterocycles. The van der Waals surface area contributed by atoms with Crippen molar-refractivity contribution in [2.45, 2.75) is 38.0 Å². The van der Waals surface area contributed by atoms with E-state index in [0.717, 1.165) is 40.3 Å². The van der Waals surface area contributed by atoms with Crippen LogP contribution in [0.15, 0.2) is 28.1 Å². The zero-order valence-corrected chi connectivity index (χ0v) is 15.8. The smallest absolute Gasteiger partial charge is 0.298 e. The topological polar surface area (TPSA) is 63.4 Å². The summed E-state index contributed by atoms with van der Waals surface area (Å²) in [6, 6.07) is 5.95. The summed E-state index contributed by atoms with van der Waals surface area (Å²) < 4.78 is 11.9. The third kappa shape index (κ3) is 2.62. The number of aromatic nitrogens is 2. The number of anilines is 1. The molecular formula is C19H22N4O2S. The zero-order chi connectivity index (χ0) is 17.7. The van der Waals surface area contributed by atoms with E-state index < -0.39 is 0 Å². The van der Waals surface area contributed by atoms with E-state index in [1.165, 1.54) is 12.8 Å². The molecule has 6 nitrogen and oxygen atoms in total. The van der Waals surface area contributed by atoms with Gasteiger partial charge in [0.05, 0.1) is 11.7 Å². The Balaban J connectivity index is 1.63. The fourth-order valence-electron chi connectivity index (χ4n) is 4.08. The van der Waals surface area contributed by atoms with Crippen LogP contribution in [0.25, 0.3) is 21.7 Å². The first-order valence-electron chi connectivity index (χ1n) is 9.10. The van der Waals surface area contributed by atoms with Gasteiger partial charge in [-0.1, -0.05) is 6.07 Å². The Kier molecular flexibility index (Phi) is 3.95. The third-order valence-electron chi connectivity index (χ3n) is 5.50. The maximum atomic E-state index is 6.32. The number of nitrogens with one attached hydrogen (secondary N) is 1. The van der Waals surface area contributed by atoms with E-state index in [2.05, 4.69) is 27.3 Å². The van der Waals surface area contributed by atoms with Crippen molar-refractivity contribution < 1.29 is 9.15 Å². The summed E-state index contributed by atoms with van der Waals surface area (Å²) in [5.41, 5.74) is 3.74. The molecule has 2 aromatic heterocycles. The van der Waals surface area contributed by atoms with Gasteiger partial charge in [-0.05, 0) is 25.8 Å². The molecule has 136 valence electrons. The van der Waals surface area contributed by atoms with Crippen LogP contribution in [0.1, 0.15) is 31.4 Å². The van der Waals surface area contributed by atoms with Crippen molar-refractivity contribution in [1.29, 1.82) is 0 Å². The molecule has 1 N–H and O–H groups in total. The van der Waals surface area contributed by atoms with Gasteiger partial charge in [-0.25, -0.2) is 4.98 Å². The van der Waals surface area contributed by atoms with E-state index in [1.807, 2.05) is 18.5 Å². The minimum Gasteiger partial charge on any atom is -0.423 e. The Morgan fingerprint density at radius 3 is 2.81 bits per heavy atom. The van der Waals surface area contributed by atoms with E-state index in [0.29, 0.717) is 18.1 Å². The van der Waals surface area contributed by atoms with E-state index in [-0.39, 0.29) is 6.10 Å². The number of fused-ring (bicyclic) bond motifs is 3. The highest BCUT2D eigenvalue weighted by Gasteiger charge is 2.34. The van der Waals surface area contributed by atoms with Crippen molar-refractivity contribution in [1.82, 2.24) is 15.3 Å². The lowest BCUT2D eigenvalue weighted by molar-refractivity contribution is 0.120. The van der Waals surface area contributed by atoms with Crippen LogP contribution >= 0.6 is 11.3 Å². The zero-order valence-electron chi connectivity index (χ0n) is 14.9. The van der Waals surface area contributed by atoms with Crippen molar-refractivity contribution >= 4 is 28.5 Å². The summed E-state index contributed by atoms with van der Waals surface area (Å²) in [6.07, 6.45) is 4.25. The minimum absolute atomic E-state index is 0.0417. The fraction of sp³-hybridized carbons (Fsp3) is 0.474. The Hall–Kier alpha value is -1.96. The third-order valence-corrected chi connectivity index (χ3v) is 6.31. The second-order valence-corrected chi connectivity index (χ2v) is 8.03. The molecule has 7 heteroatoms. The molecule has 2 aliphatic heterocycles. The van der Waals surface area contributed by atoms with Crippen LogP contribution in [-0.2, 0) is 4.74 Å². The molecule has 3 aromatic rings. The van der Waals surface area contributed by atoms with Crippen LogP contribution in [0.2, 0.25) is 0 Å². The van der Waals surface area contributed by atoms with Gasteiger partial charge >= 0.3 is 0 Å². The van der Waals surface area contributed by atoms with Crippen LogP contribution < -0.4 is 10.2 Å². The number of hydrogen-bond acceptors (Lipinski definition) is 7. The highest BCUT2D eigenvalue weighted by molar-refractivity contribution is 7.13. The lowest BCUT2D eigenvalue weighted by Crippen LogP contribution is -2.51. The van der Waals surface area contributed by atoms with Crippen molar-refractivity contribution in [2.24, 2.45) is 0 Å². The first kappa shape index (κ1) is 16.2. The Labute approximate surface area is 156 Å². The first-order chi connectivity index (χ1) is 12.7. The number of nitrogens with zero attached hydrogens (tertiary/aromatic N) is 3. The minimum atomic E-state index is -0.0417. The van der Waals surface area contributed by atoms with Gasteiger partial charge < -0.3 is 19.4 Å². The first-order valence-corrected chi connectivity index (χ1v) is 9.98. The predicted molar refractivity (Wildman–Crippen MR) is 103 cm³/mol. The summed E-state index contributed by atoms with van der Waals surface area (Å²) in [4.78, 5) is 11.6. The lowest BCUT2D eigenvalue weighted by atomic mass is 10.1. The van der Waals surface area contributed by atoms with Gasteiger partial charge in [0.2, 0.25) is 0 Å². The molecule has 3 unspecified atom stereocenters. The van der Waals surface area contributed by atoms with Crippen LogP contribution in [0, 0.1) is 0 Å². The number of methoxy groups -OCH3 is 1. The molecule has 26 heavy (non-hydrogen) atoms. The SMILES string of the molecule is COC(C)c1ccc(-c2nccs2)c2oc(N3CC4CCC(C3)N4)nc12. The summed E-state index contributed by atoms with van der Waals surface area (Å²) in [6.45, 7) is 3.94. The Bertz CT molecular complexity index is 911. The van der Waals surface area contributed by atoms with E-state index >= 15 is 0 Å². The molecular weight excluding hydrogens is 348 g/mol. The molecule has 5 rings (SSSR count). The van der Waals surface area contributed by atoms with Crippen LogP contribution in [-0.4, -0.2) is 42.3 Å². The van der Waals surface area contributed by atoms with E-state index in [4.69, 9.17) is 14.1 Å². The maximum absolute atomic E-state index is 6.32. The maximum Gasteiger partial charge on any atom is 0.298 e. The standard InChI is InChI=1S/C19H22N4O2S/c1-11(24-2)14-5-6-15(18-20-7-8-26-18)17-16(14)22-19(25-17)23-9-12-3-4-13(10-23)21-12/h5-8,11-13,21H,3-4,9-10H2,1-2H3. The summed E-state index contributed by atoms with van der Waals surface area (Å²) in [5.74, 6) is 0. The highest BCUT2D eigenvalue weighted by atomic mass is 32.1.